The van der Waals surface area contributed by atoms with Gasteiger partial charge in [-0.05, 0) is 126 Å². The first-order valence-electron chi connectivity index (χ1n) is 20.2. The second-order valence-corrected chi connectivity index (χ2v) is 18.0. The van der Waals surface area contributed by atoms with E-state index in [1.54, 1.807) is 18.2 Å². The molecule has 0 bridgehead atoms. The van der Waals surface area contributed by atoms with Gasteiger partial charge in [-0.25, -0.2) is 8.42 Å². The van der Waals surface area contributed by atoms with E-state index in [-0.39, 0.29) is 28.8 Å². The standard InChI is InChI=1S/C46H60N2O6S/c1-5-9-24-45(7-3)26-23-31-11-16-34(47)27-38(31)41(43(45)49)32-12-18-36(19-13-32)53-30-54-37-20-14-33(15-21-37)42-39-28-35(48)17-22-40(39)55(51,52)29-46(8-4,44(42)50)25-10-6-2/h11-22,27-28,41-44,49-50H,5-10,23-26,29-30,47-48H2,1-4H3/t41-,42+,43?,44?,45+,46-/m1/s1. The van der Waals surface area contributed by atoms with E-state index in [9.17, 15) is 18.6 Å². The normalized spacial score (nSPS) is 25.9. The van der Waals surface area contributed by atoms with Crippen LogP contribution in [0.3, 0.4) is 0 Å². The molecule has 0 spiro atoms. The zero-order valence-corrected chi connectivity index (χ0v) is 33.8. The molecule has 1 heterocycles. The van der Waals surface area contributed by atoms with Gasteiger partial charge in [-0.2, -0.15) is 0 Å². The maximum absolute atomic E-state index is 13.8. The molecule has 0 radical (unpaired) electrons. The van der Waals surface area contributed by atoms with Crippen molar-refractivity contribution in [1.82, 2.24) is 0 Å². The SMILES string of the molecule is CCCC[C@@]1(CC)CCc2ccc(N)cc2[C@@H](c2ccc(OCOc3ccc([C@H]4c5cc(N)ccc5S(=O)(=O)C[C@@](CC)(CCCC)C4O)cc3)cc2)C1O. The van der Waals surface area contributed by atoms with E-state index in [0.717, 1.165) is 68.1 Å². The highest BCUT2D eigenvalue weighted by molar-refractivity contribution is 7.91. The predicted octanol–water partition coefficient (Wildman–Crippen LogP) is 9.16. The van der Waals surface area contributed by atoms with Gasteiger partial charge in [0.15, 0.2) is 9.84 Å². The zero-order valence-electron chi connectivity index (χ0n) is 33.0. The summed E-state index contributed by atoms with van der Waals surface area (Å²) in [6.45, 7) is 8.44. The van der Waals surface area contributed by atoms with Gasteiger partial charge in [-0.1, -0.05) is 83.7 Å². The molecule has 1 aliphatic carbocycles. The van der Waals surface area contributed by atoms with Gasteiger partial charge in [0.05, 0.1) is 22.9 Å². The van der Waals surface area contributed by atoms with Crippen molar-refractivity contribution in [2.45, 2.75) is 121 Å². The summed E-state index contributed by atoms with van der Waals surface area (Å²) >= 11 is 0. The molecule has 0 aromatic heterocycles. The molecule has 296 valence electrons. The second kappa shape index (κ2) is 17.0. The molecule has 6 atom stereocenters. The van der Waals surface area contributed by atoms with Gasteiger partial charge in [0.1, 0.15) is 11.5 Å². The van der Waals surface area contributed by atoms with Gasteiger partial charge in [0, 0.05) is 28.6 Å². The minimum atomic E-state index is -3.68. The predicted molar refractivity (Wildman–Crippen MR) is 221 cm³/mol. The Morgan fingerprint density at radius 1 is 0.673 bits per heavy atom. The highest BCUT2D eigenvalue weighted by Gasteiger charge is 2.49. The van der Waals surface area contributed by atoms with Crippen molar-refractivity contribution in [2.24, 2.45) is 10.8 Å². The number of sulfone groups is 1. The van der Waals surface area contributed by atoms with Gasteiger partial charge in [-0.15, -0.1) is 0 Å². The van der Waals surface area contributed by atoms with E-state index < -0.39 is 33.4 Å². The van der Waals surface area contributed by atoms with Crippen LogP contribution in [-0.4, -0.2) is 43.4 Å². The van der Waals surface area contributed by atoms with E-state index >= 15 is 0 Å². The number of nitrogens with two attached hydrogens (primary N) is 2. The van der Waals surface area contributed by atoms with Crippen LogP contribution in [0.5, 0.6) is 11.5 Å². The van der Waals surface area contributed by atoms with E-state index in [1.165, 1.54) is 5.56 Å². The summed E-state index contributed by atoms with van der Waals surface area (Å²) in [7, 11) is -3.68. The summed E-state index contributed by atoms with van der Waals surface area (Å²) in [6.07, 6.45) is 7.35. The number of rotatable bonds is 14. The Hall–Kier alpha value is -4.05. The molecule has 0 saturated heterocycles. The number of ether oxygens (including phenoxy) is 2. The van der Waals surface area contributed by atoms with Crippen LogP contribution in [0.15, 0.2) is 89.8 Å². The van der Waals surface area contributed by atoms with Crippen LogP contribution >= 0.6 is 0 Å². The quantitative estimate of drug-likeness (QED) is 0.0565. The molecule has 0 fully saturated rings. The Kier molecular flexibility index (Phi) is 12.5. The second-order valence-electron chi connectivity index (χ2n) is 16.0. The van der Waals surface area contributed by atoms with Crippen molar-refractivity contribution in [3.63, 3.8) is 0 Å². The largest absolute Gasteiger partial charge is 0.458 e. The van der Waals surface area contributed by atoms with Gasteiger partial charge < -0.3 is 31.2 Å². The number of aliphatic hydroxyl groups excluding tert-OH is 2. The van der Waals surface area contributed by atoms with Crippen molar-refractivity contribution < 1.29 is 28.1 Å². The molecule has 2 unspecified atom stereocenters. The lowest BCUT2D eigenvalue weighted by molar-refractivity contribution is -0.00157. The van der Waals surface area contributed by atoms with Crippen LogP contribution in [0.4, 0.5) is 11.4 Å². The zero-order chi connectivity index (χ0) is 39.4. The summed E-state index contributed by atoms with van der Waals surface area (Å²) in [5.74, 6) is 0.332. The fourth-order valence-electron chi connectivity index (χ4n) is 9.38. The van der Waals surface area contributed by atoms with Gasteiger partial charge in [0.25, 0.3) is 0 Å². The van der Waals surface area contributed by atoms with Crippen LogP contribution in [0.1, 0.15) is 125 Å². The number of aryl methyl sites for hydroxylation is 1. The number of hydrogen-bond acceptors (Lipinski definition) is 8. The molecule has 6 N–H and O–H groups in total. The maximum Gasteiger partial charge on any atom is 0.230 e. The van der Waals surface area contributed by atoms with E-state index in [0.29, 0.717) is 41.3 Å². The Balaban J connectivity index is 1.19. The summed E-state index contributed by atoms with van der Waals surface area (Å²) in [4.78, 5) is 0.236. The third-order valence-corrected chi connectivity index (χ3v) is 14.9. The molecular weight excluding hydrogens is 709 g/mol. The van der Waals surface area contributed by atoms with Crippen LogP contribution in [-0.2, 0) is 16.3 Å². The topological polar surface area (TPSA) is 145 Å². The summed E-state index contributed by atoms with van der Waals surface area (Å²) < 4.78 is 39.7. The molecule has 9 heteroatoms. The number of anilines is 2. The van der Waals surface area contributed by atoms with E-state index in [2.05, 4.69) is 26.8 Å². The lowest BCUT2D eigenvalue weighted by Gasteiger charge is -2.40. The number of fused-ring (bicyclic) bond motifs is 2. The van der Waals surface area contributed by atoms with Crippen LogP contribution in [0, 0.1) is 10.8 Å². The highest BCUT2D eigenvalue weighted by Crippen LogP contribution is 2.51. The lowest BCUT2D eigenvalue weighted by atomic mass is 9.67. The molecule has 6 rings (SSSR count). The van der Waals surface area contributed by atoms with Crippen molar-refractivity contribution in [3.05, 3.63) is 113 Å². The fourth-order valence-corrected chi connectivity index (χ4v) is 11.6. The van der Waals surface area contributed by atoms with Gasteiger partial charge >= 0.3 is 0 Å². The summed E-state index contributed by atoms with van der Waals surface area (Å²) in [5, 5.41) is 24.3. The molecular formula is C46H60N2O6S. The average Bonchev–Trinajstić information content (AvgIpc) is 3.34. The number of aliphatic hydroxyl groups is 2. The van der Waals surface area contributed by atoms with Crippen molar-refractivity contribution >= 4 is 21.2 Å². The first-order chi connectivity index (χ1) is 26.4. The van der Waals surface area contributed by atoms with E-state index in [4.69, 9.17) is 20.9 Å². The molecule has 4 aromatic carbocycles. The first kappa shape index (κ1) is 40.6. The van der Waals surface area contributed by atoms with Gasteiger partial charge in [0.2, 0.25) is 6.79 Å². The third kappa shape index (κ3) is 8.25. The van der Waals surface area contributed by atoms with Gasteiger partial charge in [-0.3, -0.25) is 0 Å². The minimum absolute atomic E-state index is 0.0281. The summed E-state index contributed by atoms with van der Waals surface area (Å²) in [6, 6.07) is 26.4. The van der Waals surface area contributed by atoms with E-state index in [1.807, 2.05) is 67.6 Å². The van der Waals surface area contributed by atoms with Crippen molar-refractivity contribution in [1.29, 1.82) is 0 Å². The third-order valence-electron chi connectivity index (χ3n) is 12.9. The molecule has 8 nitrogen and oxygen atoms in total. The average molecular weight is 769 g/mol. The number of nitrogen functional groups attached to an aromatic ring is 2. The Morgan fingerprint density at radius 3 is 1.71 bits per heavy atom. The van der Waals surface area contributed by atoms with Crippen LogP contribution in [0.2, 0.25) is 0 Å². The number of hydrogen-bond donors (Lipinski definition) is 4. The highest BCUT2D eigenvalue weighted by atomic mass is 32.2. The summed E-state index contributed by atoms with van der Waals surface area (Å²) in [5.41, 5.74) is 17.4. The first-order valence-corrected chi connectivity index (χ1v) is 21.9. The molecule has 0 amide bonds. The Labute approximate surface area is 328 Å². The Bertz CT molecular complexity index is 2020. The molecule has 0 saturated carbocycles. The molecule has 1 aliphatic heterocycles. The number of unbranched alkanes of at least 4 members (excludes halogenated alkanes) is 2. The molecule has 2 aliphatic rings. The monoisotopic (exact) mass is 768 g/mol. The number of benzene rings is 4. The lowest BCUT2D eigenvalue weighted by Crippen LogP contribution is -2.42. The van der Waals surface area contributed by atoms with Crippen molar-refractivity contribution in [3.8, 4) is 11.5 Å². The van der Waals surface area contributed by atoms with Crippen LogP contribution < -0.4 is 20.9 Å². The molecule has 55 heavy (non-hydrogen) atoms. The molecule has 4 aromatic rings. The maximum atomic E-state index is 13.8. The minimum Gasteiger partial charge on any atom is -0.458 e. The smallest absolute Gasteiger partial charge is 0.230 e. The Morgan fingerprint density at radius 2 is 1.16 bits per heavy atom. The fraction of sp³-hybridized carbons (Fsp3) is 0.478. The van der Waals surface area contributed by atoms with Crippen molar-refractivity contribution in [2.75, 3.05) is 24.0 Å². The van der Waals surface area contributed by atoms with Crippen LogP contribution in [0.25, 0.3) is 0 Å².